The molecule has 0 aliphatic carbocycles. The van der Waals surface area contributed by atoms with E-state index in [1.807, 2.05) is 0 Å². The van der Waals surface area contributed by atoms with Crippen molar-refractivity contribution in [1.82, 2.24) is 0 Å². The summed E-state index contributed by atoms with van der Waals surface area (Å²) in [5.74, 6) is -0.669. The standard InChI is InChI=1S/C19H16F3N3O3/c20-19(21,22)12-28-15-8-6-13(7-9-15)23-18(27)16-10-11-17(26)25(24-16)14-4-2-1-3-5-14/h1-9H,10-12H2,(H,23,27). The number of nitrogens with zero attached hydrogens (tertiary/aromatic N) is 2. The molecule has 0 radical (unpaired) electrons. The van der Waals surface area contributed by atoms with Crippen LogP contribution in [0.2, 0.25) is 0 Å². The highest BCUT2D eigenvalue weighted by Crippen LogP contribution is 2.22. The molecule has 1 N–H and O–H groups in total. The van der Waals surface area contributed by atoms with Gasteiger partial charge in [-0.3, -0.25) is 9.59 Å². The maximum Gasteiger partial charge on any atom is 0.422 e. The van der Waals surface area contributed by atoms with Crippen LogP contribution in [-0.4, -0.2) is 30.3 Å². The van der Waals surface area contributed by atoms with Gasteiger partial charge in [-0.05, 0) is 36.4 Å². The number of ether oxygens (including phenoxy) is 1. The maximum absolute atomic E-state index is 12.4. The molecule has 0 bridgehead atoms. The first-order valence-corrected chi connectivity index (χ1v) is 8.38. The Morgan fingerprint density at radius 3 is 2.39 bits per heavy atom. The molecule has 0 saturated heterocycles. The fourth-order valence-electron chi connectivity index (χ4n) is 2.49. The molecule has 2 aromatic rings. The van der Waals surface area contributed by atoms with E-state index in [9.17, 15) is 22.8 Å². The van der Waals surface area contributed by atoms with E-state index in [1.54, 1.807) is 30.3 Å². The van der Waals surface area contributed by atoms with E-state index >= 15 is 0 Å². The van der Waals surface area contributed by atoms with Crippen LogP contribution < -0.4 is 15.1 Å². The number of carbonyl (C=O) groups is 2. The first kappa shape index (κ1) is 19.4. The first-order chi connectivity index (χ1) is 13.3. The second-order valence-corrected chi connectivity index (χ2v) is 5.97. The van der Waals surface area contributed by atoms with Crippen LogP contribution in [0.5, 0.6) is 5.75 Å². The number of benzene rings is 2. The zero-order chi connectivity index (χ0) is 20.1. The third-order valence-electron chi connectivity index (χ3n) is 3.81. The van der Waals surface area contributed by atoms with Gasteiger partial charge in [0.25, 0.3) is 5.91 Å². The molecule has 28 heavy (non-hydrogen) atoms. The molecule has 146 valence electrons. The maximum atomic E-state index is 12.4. The van der Waals surface area contributed by atoms with Crippen molar-refractivity contribution in [3.63, 3.8) is 0 Å². The Balaban J connectivity index is 1.66. The lowest BCUT2D eigenvalue weighted by molar-refractivity contribution is -0.153. The van der Waals surface area contributed by atoms with Gasteiger partial charge in [-0.25, -0.2) is 5.01 Å². The van der Waals surface area contributed by atoms with E-state index < -0.39 is 18.7 Å². The molecule has 0 atom stereocenters. The fourth-order valence-corrected chi connectivity index (χ4v) is 2.49. The number of para-hydroxylation sites is 1. The lowest BCUT2D eigenvalue weighted by Crippen LogP contribution is -2.36. The second kappa shape index (κ2) is 8.12. The number of halogens is 3. The Morgan fingerprint density at radius 2 is 1.75 bits per heavy atom. The van der Waals surface area contributed by atoms with Gasteiger partial charge in [-0.1, -0.05) is 18.2 Å². The molecule has 2 amide bonds. The zero-order valence-electron chi connectivity index (χ0n) is 14.6. The van der Waals surface area contributed by atoms with Gasteiger partial charge in [-0.15, -0.1) is 0 Å². The van der Waals surface area contributed by atoms with Crippen LogP contribution in [0.3, 0.4) is 0 Å². The molecule has 0 aromatic heterocycles. The van der Waals surface area contributed by atoms with Crippen LogP contribution >= 0.6 is 0 Å². The Hall–Kier alpha value is -3.36. The Labute approximate surface area is 158 Å². The molecule has 2 aromatic carbocycles. The van der Waals surface area contributed by atoms with Crippen LogP contribution in [0.25, 0.3) is 0 Å². The molecule has 0 fully saturated rings. The number of alkyl halides is 3. The normalized spacial score (nSPS) is 14.5. The Morgan fingerprint density at radius 1 is 1.07 bits per heavy atom. The van der Waals surface area contributed by atoms with Crippen molar-refractivity contribution in [2.24, 2.45) is 5.10 Å². The van der Waals surface area contributed by atoms with Crippen LogP contribution in [0, 0.1) is 0 Å². The highest BCUT2D eigenvalue weighted by atomic mass is 19.4. The molecule has 1 aliphatic heterocycles. The number of carbonyl (C=O) groups excluding carboxylic acids is 2. The molecule has 1 aliphatic rings. The molecule has 3 rings (SSSR count). The number of hydrogen-bond acceptors (Lipinski definition) is 4. The monoisotopic (exact) mass is 391 g/mol. The molecule has 0 saturated carbocycles. The summed E-state index contributed by atoms with van der Waals surface area (Å²) in [7, 11) is 0. The van der Waals surface area contributed by atoms with E-state index in [1.165, 1.54) is 29.3 Å². The van der Waals surface area contributed by atoms with Gasteiger partial charge in [0.2, 0.25) is 5.91 Å². The van der Waals surface area contributed by atoms with Gasteiger partial charge in [0.1, 0.15) is 11.5 Å². The summed E-state index contributed by atoms with van der Waals surface area (Å²) in [5, 5.41) is 7.94. The van der Waals surface area contributed by atoms with Gasteiger partial charge in [0, 0.05) is 18.5 Å². The lowest BCUT2D eigenvalue weighted by atomic mass is 10.1. The van der Waals surface area contributed by atoms with E-state index in [2.05, 4.69) is 15.2 Å². The number of anilines is 2. The number of hydrazone groups is 1. The van der Waals surface area contributed by atoms with E-state index in [-0.39, 0.29) is 30.2 Å². The number of hydrogen-bond donors (Lipinski definition) is 1. The van der Waals surface area contributed by atoms with Gasteiger partial charge in [0.15, 0.2) is 6.61 Å². The highest BCUT2D eigenvalue weighted by Gasteiger charge is 2.28. The number of nitrogens with one attached hydrogen (secondary N) is 1. The average molecular weight is 391 g/mol. The quantitative estimate of drug-likeness (QED) is 0.844. The van der Waals surface area contributed by atoms with E-state index in [4.69, 9.17) is 0 Å². The SMILES string of the molecule is O=C(Nc1ccc(OCC(F)(F)F)cc1)C1=NN(c2ccccc2)C(=O)CC1. The molecule has 9 heteroatoms. The van der Waals surface area contributed by atoms with Gasteiger partial charge in [-0.2, -0.15) is 18.3 Å². The molecule has 6 nitrogen and oxygen atoms in total. The summed E-state index contributed by atoms with van der Waals surface area (Å²) < 4.78 is 41.1. The minimum absolute atomic E-state index is 0.0335. The largest absolute Gasteiger partial charge is 0.484 e. The van der Waals surface area contributed by atoms with Crippen molar-refractivity contribution in [3.05, 3.63) is 54.6 Å². The third-order valence-corrected chi connectivity index (χ3v) is 3.81. The van der Waals surface area contributed by atoms with E-state index in [0.717, 1.165) is 0 Å². The van der Waals surface area contributed by atoms with Crippen molar-refractivity contribution in [3.8, 4) is 5.75 Å². The summed E-state index contributed by atoms with van der Waals surface area (Å²) in [6.45, 7) is -1.39. The van der Waals surface area contributed by atoms with Crippen molar-refractivity contribution in [2.45, 2.75) is 19.0 Å². The minimum Gasteiger partial charge on any atom is -0.484 e. The molecule has 0 unspecified atom stereocenters. The summed E-state index contributed by atoms with van der Waals surface area (Å²) in [6, 6.07) is 14.2. The molecular weight excluding hydrogens is 375 g/mol. The summed E-state index contributed by atoms with van der Waals surface area (Å²) in [4.78, 5) is 24.5. The van der Waals surface area contributed by atoms with Crippen LogP contribution in [0.1, 0.15) is 12.8 Å². The van der Waals surface area contributed by atoms with Crippen molar-refractivity contribution >= 4 is 28.9 Å². The van der Waals surface area contributed by atoms with Crippen molar-refractivity contribution in [2.75, 3.05) is 16.9 Å². The van der Waals surface area contributed by atoms with Gasteiger partial charge >= 0.3 is 6.18 Å². The van der Waals surface area contributed by atoms with Gasteiger partial charge in [0.05, 0.1) is 5.69 Å². The van der Waals surface area contributed by atoms with Crippen molar-refractivity contribution in [1.29, 1.82) is 0 Å². The van der Waals surface area contributed by atoms with Gasteiger partial charge < -0.3 is 10.1 Å². The van der Waals surface area contributed by atoms with Crippen LogP contribution in [0.4, 0.5) is 24.5 Å². The summed E-state index contributed by atoms with van der Waals surface area (Å²) >= 11 is 0. The predicted molar refractivity (Wildman–Crippen MR) is 97.2 cm³/mol. The first-order valence-electron chi connectivity index (χ1n) is 8.38. The Kier molecular flexibility index (Phi) is 5.62. The highest BCUT2D eigenvalue weighted by molar-refractivity contribution is 6.44. The topological polar surface area (TPSA) is 71.0 Å². The Bertz CT molecular complexity index is 881. The number of amides is 2. The minimum atomic E-state index is -4.42. The fraction of sp³-hybridized carbons (Fsp3) is 0.211. The average Bonchev–Trinajstić information content (AvgIpc) is 2.68. The van der Waals surface area contributed by atoms with Crippen molar-refractivity contribution < 1.29 is 27.5 Å². The smallest absolute Gasteiger partial charge is 0.422 e. The molecule has 0 spiro atoms. The molecular formula is C19H16F3N3O3. The van der Waals surface area contributed by atoms with Crippen LogP contribution in [-0.2, 0) is 9.59 Å². The zero-order valence-corrected chi connectivity index (χ0v) is 14.6. The van der Waals surface area contributed by atoms with Crippen LogP contribution in [0.15, 0.2) is 59.7 Å². The lowest BCUT2D eigenvalue weighted by Gasteiger charge is -2.23. The summed E-state index contributed by atoms with van der Waals surface area (Å²) in [5.41, 5.74) is 1.11. The number of rotatable bonds is 5. The molecule has 1 heterocycles. The third kappa shape index (κ3) is 5.09. The predicted octanol–water partition coefficient (Wildman–Crippen LogP) is 3.75. The van der Waals surface area contributed by atoms with E-state index in [0.29, 0.717) is 11.4 Å². The second-order valence-electron chi connectivity index (χ2n) is 5.97. The summed E-state index contributed by atoms with van der Waals surface area (Å²) in [6.07, 6.45) is -4.08.